The summed E-state index contributed by atoms with van der Waals surface area (Å²) in [4.78, 5) is 36.9. The molecule has 25 heavy (non-hydrogen) atoms. The van der Waals surface area contributed by atoms with E-state index in [2.05, 4.69) is 0 Å². The molecule has 1 aliphatic rings. The third-order valence-corrected chi connectivity index (χ3v) is 3.89. The number of imide groups is 1. The molecule has 126 valence electrons. The number of hydrogen-bond acceptors (Lipinski definition) is 4. The maximum absolute atomic E-state index is 12.7. The molecule has 6 heteroatoms. The largest absolute Gasteiger partial charge is 0.497 e. The van der Waals surface area contributed by atoms with E-state index in [0.717, 1.165) is 10.5 Å². The number of nitrogens with zero attached hydrogens (tertiary/aromatic N) is 1. The molecule has 0 fully saturated rings. The van der Waals surface area contributed by atoms with Crippen molar-refractivity contribution in [3.63, 3.8) is 0 Å². The fraction of sp³-hybridized carbons (Fsp3) is 0.105. The average Bonchev–Trinajstić information content (AvgIpc) is 2.62. The normalized spacial score (nSPS) is 15.2. The van der Waals surface area contributed by atoms with Gasteiger partial charge in [0.05, 0.1) is 7.11 Å². The molecule has 0 radical (unpaired) electrons. The first-order valence-corrected chi connectivity index (χ1v) is 7.54. The molecule has 0 aromatic heterocycles. The molecule has 3 rings (SSSR count). The standard InChI is InChI=1S/C19H15NO5/c1-25-13-8-6-12(7-9-13)10-16-14-4-2-3-5-15(14)18(23)20(19(16)24)11-17(21)22/h2-10H,11H2,1H3,(H,21,22)/b16-10-. The van der Waals surface area contributed by atoms with E-state index in [4.69, 9.17) is 9.84 Å². The average molecular weight is 337 g/mol. The summed E-state index contributed by atoms with van der Waals surface area (Å²) in [6.07, 6.45) is 1.64. The van der Waals surface area contributed by atoms with Gasteiger partial charge in [0, 0.05) is 11.1 Å². The van der Waals surface area contributed by atoms with Crippen LogP contribution >= 0.6 is 0 Å². The molecule has 0 saturated carbocycles. The molecule has 1 aliphatic heterocycles. The number of amides is 2. The Bertz CT molecular complexity index is 883. The fourth-order valence-corrected chi connectivity index (χ4v) is 2.69. The van der Waals surface area contributed by atoms with Crippen LogP contribution in [0.1, 0.15) is 21.5 Å². The number of rotatable bonds is 4. The van der Waals surface area contributed by atoms with Crippen molar-refractivity contribution in [2.45, 2.75) is 0 Å². The van der Waals surface area contributed by atoms with Crippen molar-refractivity contribution in [1.29, 1.82) is 0 Å². The van der Waals surface area contributed by atoms with Crippen LogP contribution in [-0.2, 0) is 9.59 Å². The highest BCUT2D eigenvalue weighted by molar-refractivity contribution is 6.34. The lowest BCUT2D eigenvalue weighted by Gasteiger charge is -2.27. The van der Waals surface area contributed by atoms with Gasteiger partial charge in [-0.2, -0.15) is 0 Å². The molecule has 2 aromatic rings. The Kier molecular flexibility index (Phi) is 4.35. The second kappa shape index (κ2) is 6.60. The summed E-state index contributed by atoms with van der Waals surface area (Å²) in [6, 6.07) is 13.7. The highest BCUT2D eigenvalue weighted by atomic mass is 16.5. The van der Waals surface area contributed by atoms with Crippen LogP contribution in [0.5, 0.6) is 5.75 Å². The summed E-state index contributed by atoms with van der Waals surface area (Å²) in [5, 5.41) is 9.00. The van der Waals surface area contributed by atoms with Gasteiger partial charge in [-0.25, -0.2) is 0 Å². The van der Waals surface area contributed by atoms with E-state index in [-0.39, 0.29) is 5.57 Å². The van der Waals surface area contributed by atoms with E-state index in [1.807, 2.05) is 0 Å². The first-order chi connectivity index (χ1) is 12.0. The van der Waals surface area contributed by atoms with Crippen LogP contribution in [0, 0.1) is 0 Å². The second-order valence-electron chi connectivity index (χ2n) is 5.47. The number of fused-ring (bicyclic) bond motifs is 1. The zero-order valence-electron chi connectivity index (χ0n) is 13.4. The van der Waals surface area contributed by atoms with Crippen LogP contribution in [0.25, 0.3) is 11.6 Å². The minimum atomic E-state index is -1.25. The van der Waals surface area contributed by atoms with Gasteiger partial charge in [0.15, 0.2) is 0 Å². The number of carboxylic acid groups (broad SMARTS) is 1. The van der Waals surface area contributed by atoms with Crippen LogP contribution in [0.3, 0.4) is 0 Å². The molecule has 2 amide bonds. The van der Waals surface area contributed by atoms with Gasteiger partial charge >= 0.3 is 5.97 Å². The molecule has 1 heterocycles. The molecule has 0 bridgehead atoms. The number of methoxy groups -OCH3 is 1. The minimum absolute atomic E-state index is 0.279. The minimum Gasteiger partial charge on any atom is -0.497 e. The van der Waals surface area contributed by atoms with Gasteiger partial charge in [-0.3, -0.25) is 19.3 Å². The Balaban J connectivity index is 2.10. The van der Waals surface area contributed by atoms with Gasteiger partial charge < -0.3 is 9.84 Å². The molecular formula is C19H15NO5. The quantitative estimate of drug-likeness (QED) is 0.684. The fourth-order valence-electron chi connectivity index (χ4n) is 2.69. The molecule has 0 saturated heterocycles. The molecule has 1 N–H and O–H groups in total. The summed E-state index contributed by atoms with van der Waals surface area (Å²) in [5.41, 5.74) is 1.82. The highest BCUT2D eigenvalue weighted by Gasteiger charge is 2.35. The smallest absolute Gasteiger partial charge is 0.323 e. The van der Waals surface area contributed by atoms with E-state index in [9.17, 15) is 14.4 Å². The number of benzene rings is 2. The predicted octanol–water partition coefficient (Wildman–Crippen LogP) is 2.30. The third kappa shape index (κ3) is 3.14. The highest BCUT2D eigenvalue weighted by Crippen LogP contribution is 2.30. The van der Waals surface area contributed by atoms with Crippen LogP contribution < -0.4 is 4.74 Å². The van der Waals surface area contributed by atoms with Gasteiger partial charge in [-0.1, -0.05) is 30.3 Å². The summed E-state index contributed by atoms with van der Waals surface area (Å²) >= 11 is 0. The lowest BCUT2D eigenvalue weighted by Crippen LogP contribution is -2.44. The first kappa shape index (κ1) is 16.4. The van der Waals surface area contributed by atoms with E-state index < -0.39 is 24.3 Å². The monoisotopic (exact) mass is 337 g/mol. The molecule has 0 aliphatic carbocycles. The number of ether oxygens (including phenoxy) is 1. The number of aliphatic carboxylic acids is 1. The van der Waals surface area contributed by atoms with Crippen molar-refractivity contribution in [3.05, 3.63) is 65.2 Å². The summed E-state index contributed by atoms with van der Waals surface area (Å²) in [6.45, 7) is -0.675. The van der Waals surface area contributed by atoms with Gasteiger partial charge in [0.25, 0.3) is 11.8 Å². The SMILES string of the molecule is COc1ccc(/C=C2\C(=O)N(CC(=O)O)C(=O)c3ccccc32)cc1. The Labute approximate surface area is 143 Å². The summed E-state index contributed by atoms with van der Waals surface area (Å²) in [7, 11) is 1.56. The van der Waals surface area contributed by atoms with E-state index in [1.165, 1.54) is 0 Å². The number of hydrogen-bond donors (Lipinski definition) is 1. The lowest BCUT2D eigenvalue weighted by atomic mass is 9.92. The van der Waals surface area contributed by atoms with Gasteiger partial charge in [0.2, 0.25) is 0 Å². The van der Waals surface area contributed by atoms with Crippen molar-refractivity contribution < 1.29 is 24.2 Å². The van der Waals surface area contributed by atoms with Crippen molar-refractivity contribution in [2.24, 2.45) is 0 Å². The lowest BCUT2D eigenvalue weighted by molar-refractivity contribution is -0.141. The van der Waals surface area contributed by atoms with E-state index in [0.29, 0.717) is 16.9 Å². The van der Waals surface area contributed by atoms with Gasteiger partial charge in [-0.05, 0) is 35.4 Å². The van der Waals surface area contributed by atoms with Crippen molar-refractivity contribution in [3.8, 4) is 5.75 Å². The molecule has 0 atom stereocenters. The van der Waals surface area contributed by atoms with E-state index >= 15 is 0 Å². The van der Waals surface area contributed by atoms with Crippen LogP contribution in [0.4, 0.5) is 0 Å². The van der Waals surface area contributed by atoms with Gasteiger partial charge in [-0.15, -0.1) is 0 Å². The summed E-state index contributed by atoms with van der Waals surface area (Å²) in [5.74, 6) is -1.79. The number of carbonyl (C=O) groups is 3. The zero-order valence-corrected chi connectivity index (χ0v) is 13.4. The molecule has 2 aromatic carbocycles. The summed E-state index contributed by atoms with van der Waals surface area (Å²) < 4.78 is 5.11. The second-order valence-corrected chi connectivity index (χ2v) is 5.47. The number of carbonyl (C=O) groups excluding carboxylic acids is 2. The Morgan fingerprint density at radius 2 is 1.68 bits per heavy atom. The number of carboxylic acids is 1. The molecular weight excluding hydrogens is 322 g/mol. The van der Waals surface area contributed by atoms with Crippen molar-refractivity contribution in [2.75, 3.05) is 13.7 Å². The molecule has 6 nitrogen and oxygen atoms in total. The molecule has 0 spiro atoms. The maximum Gasteiger partial charge on any atom is 0.323 e. The van der Waals surface area contributed by atoms with Crippen LogP contribution in [0.2, 0.25) is 0 Å². The Morgan fingerprint density at radius 3 is 2.28 bits per heavy atom. The van der Waals surface area contributed by atoms with Crippen LogP contribution in [0.15, 0.2) is 48.5 Å². The maximum atomic E-state index is 12.7. The van der Waals surface area contributed by atoms with E-state index in [1.54, 1.807) is 61.7 Å². The van der Waals surface area contributed by atoms with Crippen molar-refractivity contribution >= 4 is 29.4 Å². The third-order valence-electron chi connectivity index (χ3n) is 3.89. The van der Waals surface area contributed by atoms with Crippen LogP contribution in [-0.4, -0.2) is 41.4 Å². The Hall–Kier alpha value is -3.41. The van der Waals surface area contributed by atoms with Gasteiger partial charge in [0.1, 0.15) is 12.3 Å². The predicted molar refractivity (Wildman–Crippen MR) is 91.0 cm³/mol. The first-order valence-electron chi connectivity index (χ1n) is 7.54. The molecule has 0 unspecified atom stereocenters. The van der Waals surface area contributed by atoms with Crippen molar-refractivity contribution in [1.82, 2.24) is 4.90 Å². The Morgan fingerprint density at radius 1 is 1.04 bits per heavy atom. The topological polar surface area (TPSA) is 83.9 Å². The zero-order chi connectivity index (χ0) is 18.0.